The van der Waals surface area contributed by atoms with Gasteiger partial charge in [-0.25, -0.2) is 21.6 Å². The van der Waals surface area contributed by atoms with Crippen LogP contribution in [0.15, 0.2) is 17.0 Å². The number of benzene rings is 1. The molecule has 0 unspecified atom stereocenters. The standard InChI is InChI=1S/C10H8F3NO6S/c11-4-1-2-6(9(13)8(4)12)21(19,20)14-5(10(17)18)3-7(15)16/h1-2,5,14H,3H2,(H,15,16)(H,17,18)/t5-/m1/s1. The number of sulfonamides is 1. The van der Waals surface area contributed by atoms with Gasteiger partial charge in [0.2, 0.25) is 10.0 Å². The molecule has 1 aromatic rings. The van der Waals surface area contributed by atoms with Crippen LogP contribution >= 0.6 is 0 Å². The van der Waals surface area contributed by atoms with Gasteiger partial charge in [0.05, 0.1) is 6.42 Å². The molecule has 0 fully saturated rings. The number of nitrogens with one attached hydrogen (secondary N) is 1. The molecule has 0 aliphatic rings. The lowest BCUT2D eigenvalue weighted by Crippen LogP contribution is -2.42. The minimum Gasteiger partial charge on any atom is -0.481 e. The molecular weight excluding hydrogens is 319 g/mol. The van der Waals surface area contributed by atoms with Crippen molar-refractivity contribution in [3.63, 3.8) is 0 Å². The largest absolute Gasteiger partial charge is 0.481 e. The van der Waals surface area contributed by atoms with Crippen LogP contribution in [0, 0.1) is 17.5 Å². The van der Waals surface area contributed by atoms with Crippen molar-refractivity contribution in [2.24, 2.45) is 0 Å². The van der Waals surface area contributed by atoms with E-state index in [1.165, 1.54) is 4.72 Å². The highest BCUT2D eigenvalue weighted by Gasteiger charge is 2.30. The fourth-order valence-electron chi connectivity index (χ4n) is 1.32. The van der Waals surface area contributed by atoms with Crippen LogP contribution in [0.25, 0.3) is 0 Å². The van der Waals surface area contributed by atoms with E-state index in [0.717, 1.165) is 0 Å². The second kappa shape index (κ2) is 6.10. The number of hydrogen-bond donors (Lipinski definition) is 3. The van der Waals surface area contributed by atoms with E-state index < -0.39 is 56.8 Å². The number of halogens is 3. The Morgan fingerprint density at radius 1 is 1.14 bits per heavy atom. The third-order valence-corrected chi connectivity index (χ3v) is 3.75. The third kappa shape index (κ3) is 3.92. The Kier molecular flexibility index (Phi) is 4.91. The highest BCUT2D eigenvalue weighted by atomic mass is 32.2. The second-order valence-electron chi connectivity index (χ2n) is 3.78. The first-order chi connectivity index (χ1) is 9.56. The third-order valence-electron chi connectivity index (χ3n) is 2.26. The van der Waals surface area contributed by atoms with Gasteiger partial charge in [-0.3, -0.25) is 9.59 Å². The summed E-state index contributed by atoms with van der Waals surface area (Å²) in [6.45, 7) is 0. The van der Waals surface area contributed by atoms with E-state index in [1.54, 1.807) is 0 Å². The van der Waals surface area contributed by atoms with Crippen molar-refractivity contribution in [3.8, 4) is 0 Å². The van der Waals surface area contributed by atoms with E-state index in [9.17, 15) is 31.2 Å². The molecule has 0 spiro atoms. The van der Waals surface area contributed by atoms with Gasteiger partial charge in [0.1, 0.15) is 10.9 Å². The van der Waals surface area contributed by atoms with E-state index in [0.29, 0.717) is 12.1 Å². The maximum absolute atomic E-state index is 13.4. The summed E-state index contributed by atoms with van der Waals surface area (Å²) >= 11 is 0. The number of carboxylic acids is 2. The van der Waals surface area contributed by atoms with E-state index in [1.807, 2.05) is 0 Å². The quantitative estimate of drug-likeness (QED) is 0.647. The van der Waals surface area contributed by atoms with Gasteiger partial charge in [-0.2, -0.15) is 4.72 Å². The normalized spacial score (nSPS) is 12.9. The molecule has 0 amide bonds. The molecule has 0 heterocycles. The van der Waals surface area contributed by atoms with Gasteiger partial charge in [-0.05, 0) is 12.1 Å². The average Bonchev–Trinajstić information content (AvgIpc) is 2.33. The zero-order valence-corrected chi connectivity index (χ0v) is 10.8. The maximum atomic E-state index is 13.4. The minimum absolute atomic E-state index is 0.333. The van der Waals surface area contributed by atoms with Gasteiger partial charge in [0.15, 0.2) is 17.5 Å². The first-order valence-electron chi connectivity index (χ1n) is 5.16. The van der Waals surface area contributed by atoms with E-state index in [-0.39, 0.29) is 0 Å². The second-order valence-corrected chi connectivity index (χ2v) is 5.47. The topological polar surface area (TPSA) is 121 Å². The Morgan fingerprint density at radius 2 is 1.71 bits per heavy atom. The first kappa shape index (κ1) is 16.9. The lowest BCUT2D eigenvalue weighted by atomic mass is 10.2. The number of carbonyl (C=O) groups is 2. The van der Waals surface area contributed by atoms with E-state index in [4.69, 9.17) is 10.2 Å². The van der Waals surface area contributed by atoms with Crippen LogP contribution in [0.2, 0.25) is 0 Å². The SMILES string of the molecule is O=C(O)C[C@@H](NS(=O)(=O)c1ccc(F)c(F)c1F)C(=O)O. The maximum Gasteiger partial charge on any atom is 0.322 e. The Hall–Kier alpha value is -2.14. The Labute approximate surface area is 116 Å². The molecule has 0 radical (unpaired) electrons. The summed E-state index contributed by atoms with van der Waals surface area (Å²) in [6.07, 6.45) is -1.13. The van der Waals surface area contributed by atoms with Crippen LogP contribution in [0.3, 0.4) is 0 Å². The van der Waals surface area contributed by atoms with Crippen molar-refractivity contribution in [1.29, 1.82) is 0 Å². The van der Waals surface area contributed by atoms with Crippen LogP contribution < -0.4 is 4.72 Å². The van der Waals surface area contributed by atoms with Crippen molar-refractivity contribution >= 4 is 22.0 Å². The smallest absolute Gasteiger partial charge is 0.322 e. The molecule has 0 aliphatic heterocycles. The van der Waals surface area contributed by atoms with Crippen LogP contribution in [0.1, 0.15) is 6.42 Å². The lowest BCUT2D eigenvalue weighted by Gasteiger charge is -2.13. The number of rotatable bonds is 6. The van der Waals surface area contributed by atoms with E-state index >= 15 is 0 Å². The van der Waals surface area contributed by atoms with Crippen molar-refractivity contribution in [2.75, 3.05) is 0 Å². The van der Waals surface area contributed by atoms with Crippen molar-refractivity contribution in [1.82, 2.24) is 4.72 Å². The molecule has 11 heteroatoms. The van der Waals surface area contributed by atoms with Crippen LogP contribution in [-0.4, -0.2) is 36.6 Å². The van der Waals surface area contributed by atoms with Gasteiger partial charge >= 0.3 is 11.9 Å². The minimum atomic E-state index is -4.90. The molecule has 0 saturated carbocycles. The molecule has 1 rings (SSSR count). The summed E-state index contributed by atoms with van der Waals surface area (Å²) in [5.41, 5.74) is 0. The first-order valence-corrected chi connectivity index (χ1v) is 6.65. The zero-order chi connectivity index (χ0) is 16.4. The molecule has 21 heavy (non-hydrogen) atoms. The molecule has 7 nitrogen and oxygen atoms in total. The summed E-state index contributed by atoms with van der Waals surface area (Å²) in [5.74, 6) is -9.18. The fraction of sp³-hybridized carbons (Fsp3) is 0.200. The molecule has 0 aromatic heterocycles. The highest BCUT2D eigenvalue weighted by molar-refractivity contribution is 7.89. The number of hydrogen-bond acceptors (Lipinski definition) is 4. The Balaban J connectivity index is 3.20. The van der Waals surface area contributed by atoms with E-state index in [2.05, 4.69) is 0 Å². The summed E-state index contributed by atoms with van der Waals surface area (Å²) in [4.78, 5) is 19.8. The molecule has 0 aliphatic carbocycles. The summed E-state index contributed by atoms with van der Waals surface area (Å²) in [7, 11) is -4.90. The molecular formula is C10H8F3NO6S. The predicted molar refractivity (Wildman–Crippen MR) is 60.3 cm³/mol. The van der Waals surface area contributed by atoms with Crippen molar-refractivity contribution < 1.29 is 41.4 Å². The lowest BCUT2D eigenvalue weighted by molar-refractivity contribution is -0.145. The molecule has 0 saturated heterocycles. The van der Waals surface area contributed by atoms with Gasteiger partial charge in [-0.15, -0.1) is 0 Å². The molecule has 1 aromatic carbocycles. The monoisotopic (exact) mass is 327 g/mol. The highest BCUT2D eigenvalue weighted by Crippen LogP contribution is 2.20. The average molecular weight is 327 g/mol. The van der Waals surface area contributed by atoms with Gasteiger partial charge in [-0.1, -0.05) is 0 Å². The number of carboxylic acid groups (broad SMARTS) is 2. The predicted octanol–water partition coefficient (Wildman–Crippen LogP) is 0.310. The fourth-order valence-corrected chi connectivity index (χ4v) is 2.58. The van der Waals surface area contributed by atoms with Crippen molar-refractivity contribution in [3.05, 3.63) is 29.6 Å². The molecule has 0 bridgehead atoms. The summed E-state index contributed by atoms with van der Waals surface area (Å²) in [6, 6.07) is -1.38. The Bertz CT molecular complexity index is 690. The van der Waals surface area contributed by atoms with Gasteiger partial charge in [0, 0.05) is 0 Å². The molecule has 1 atom stereocenters. The van der Waals surface area contributed by atoms with Crippen LogP contribution in [0.5, 0.6) is 0 Å². The zero-order valence-electron chi connectivity index (χ0n) is 10.0. The summed E-state index contributed by atoms with van der Waals surface area (Å²) < 4.78 is 63.9. The Morgan fingerprint density at radius 3 is 2.19 bits per heavy atom. The summed E-state index contributed by atoms with van der Waals surface area (Å²) in [5, 5.41) is 17.1. The van der Waals surface area contributed by atoms with Crippen molar-refractivity contribution in [2.45, 2.75) is 17.4 Å². The van der Waals surface area contributed by atoms with Gasteiger partial charge < -0.3 is 10.2 Å². The van der Waals surface area contributed by atoms with Gasteiger partial charge in [0.25, 0.3) is 0 Å². The number of aliphatic carboxylic acids is 2. The van der Waals surface area contributed by atoms with Crippen LogP contribution in [0.4, 0.5) is 13.2 Å². The van der Waals surface area contributed by atoms with Crippen LogP contribution in [-0.2, 0) is 19.6 Å². The molecule has 116 valence electrons. The molecule has 3 N–H and O–H groups in total.